The third-order valence-corrected chi connectivity index (χ3v) is 2.92. The average molecular weight is 273 g/mol. The molecule has 0 aliphatic rings. The molecule has 0 unspecified atom stereocenters. The van der Waals surface area contributed by atoms with Crippen molar-refractivity contribution in [2.75, 3.05) is 13.1 Å². The zero-order valence-corrected chi connectivity index (χ0v) is 11.6. The fraction of sp³-hybridized carbons (Fsp3) is 0.400. The van der Waals surface area contributed by atoms with Gasteiger partial charge in [-0.05, 0) is 18.1 Å². The molecule has 5 heteroatoms. The van der Waals surface area contributed by atoms with Gasteiger partial charge in [-0.2, -0.15) is 5.26 Å². The van der Waals surface area contributed by atoms with Crippen LogP contribution in [-0.4, -0.2) is 34.0 Å². The Hall–Kier alpha value is -2.19. The molecule has 0 aliphatic heterocycles. The highest BCUT2D eigenvalue weighted by molar-refractivity contribution is 5.86. The van der Waals surface area contributed by atoms with Gasteiger partial charge in [0.15, 0.2) is 0 Å². The minimum atomic E-state index is -0.880. The average Bonchev–Trinajstić information content (AvgIpc) is 2.45. The van der Waals surface area contributed by atoms with Crippen LogP contribution in [0.1, 0.15) is 25.3 Å². The SMILES string of the molecule is CCC(=CCN(CCC#N)Cc1cccnc1)C(=O)O. The van der Waals surface area contributed by atoms with Crippen molar-refractivity contribution >= 4 is 5.97 Å². The first-order chi connectivity index (χ1) is 9.67. The second-order valence-corrected chi connectivity index (χ2v) is 4.39. The molecule has 0 spiro atoms. The maximum atomic E-state index is 11.0. The predicted octanol–water partition coefficient (Wildman–Crippen LogP) is 2.22. The van der Waals surface area contributed by atoms with Gasteiger partial charge in [-0.3, -0.25) is 9.88 Å². The molecule has 0 aromatic carbocycles. The molecule has 1 rings (SSSR count). The summed E-state index contributed by atoms with van der Waals surface area (Å²) in [6, 6.07) is 5.94. The lowest BCUT2D eigenvalue weighted by atomic mass is 10.2. The summed E-state index contributed by atoms with van der Waals surface area (Å²) in [5.41, 5.74) is 1.45. The number of carbonyl (C=O) groups is 1. The Balaban J connectivity index is 2.69. The molecule has 1 heterocycles. The Morgan fingerprint density at radius 3 is 2.95 bits per heavy atom. The van der Waals surface area contributed by atoms with Crippen molar-refractivity contribution in [1.82, 2.24) is 9.88 Å². The van der Waals surface area contributed by atoms with Crippen molar-refractivity contribution in [2.24, 2.45) is 0 Å². The van der Waals surface area contributed by atoms with Gasteiger partial charge >= 0.3 is 5.97 Å². The molecule has 0 radical (unpaired) electrons. The highest BCUT2D eigenvalue weighted by atomic mass is 16.4. The summed E-state index contributed by atoms with van der Waals surface area (Å²) in [6.45, 7) is 3.61. The van der Waals surface area contributed by atoms with Crippen LogP contribution in [0.2, 0.25) is 0 Å². The minimum absolute atomic E-state index is 0.401. The number of pyridine rings is 1. The van der Waals surface area contributed by atoms with Gasteiger partial charge in [-0.1, -0.05) is 19.1 Å². The smallest absolute Gasteiger partial charge is 0.331 e. The van der Waals surface area contributed by atoms with Crippen LogP contribution in [0, 0.1) is 11.3 Å². The summed E-state index contributed by atoms with van der Waals surface area (Å²) in [5.74, 6) is -0.880. The first kappa shape index (κ1) is 15.9. The zero-order chi connectivity index (χ0) is 14.8. The summed E-state index contributed by atoms with van der Waals surface area (Å²) in [6.07, 6.45) is 6.12. The van der Waals surface area contributed by atoms with Crippen molar-refractivity contribution < 1.29 is 9.90 Å². The maximum Gasteiger partial charge on any atom is 0.331 e. The van der Waals surface area contributed by atoms with Gasteiger partial charge in [0.1, 0.15) is 0 Å². The molecule has 0 saturated heterocycles. The molecule has 0 fully saturated rings. The van der Waals surface area contributed by atoms with Gasteiger partial charge in [0.05, 0.1) is 6.07 Å². The molecule has 1 N–H and O–H groups in total. The Morgan fingerprint density at radius 2 is 2.40 bits per heavy atom. The quantitative estimate of drug-likeness (QED) is 0.735. The lowest BCUT2D eigenvalue weighted by Crippen LogP contribution is -2.25. The van der Waals surface area contributed by atoms with Crippen molar-refractivity contribution in [3.05, 3.63) is 41.7 Å². The number of hydrogen-bond acceptors (Lipinski definition) is 4. The fourth-order valence-corrected chi connectivity index (χ4v) is 1.82. The topological polar surface area (TPSA) is 77.2 Å². The van der Waals surface area contributed by atoms with Crippen LogP contribution >= 0.6 is 0 Å². The van der Waals surface area contributed by atoms with Gasteiger partial charge in [0.25, 0.3) is 0 Å². The monoisotopic (exact) mass is 273 g/mol. The number of nitriles is 1. The van der Waals surface area contributed by atoms with E-state index < -0.39 is 5.97 Å². The molecule has 0 amide bonds. The largest absolute Gasteiger partial charge is 0.478 e. The Kier molecular flexibility index (Phi) is 7.01. The molecular formula is C15H19N3O2. The van der Waals surface area contributed by atoms with Crippen molar-refractivity contribution in [3.8, 4) is 6.07 Å². The van der Waals surface area contributed by atoms with E-state index in [1.54, 1.807) is 18.5 Å². The lowest BCUT2D eigenvalue weighted by molar-refractivity contribution is -0.132. The molecule has 0 aliphatic carbocycles. The van der Waals surface area contributed by atoms with Crippen LogP contribution in [-0.2, 0) is 11.3 Å². The van der Waals surface area contributed by atoms with E-state index in [0.717, 1.165) is 5.56 Å². The van der Waals surface area contributed by atoms with Gasteiger partial charge in [-0.25, -0.2) is 4.79 Å². The Labute approximate surface area is 119 Å². The number of carboxylic acid groups (broad SMARTS) is 1. The van der Waals surface area contributed by atoms with Crippen molar-refractivity contribution in [3.63, 3.8) is 0 Å². The van der Waals surface area contributed by atoms with Crippen LogP contribution in [0.15, 0.2) is 36.2 Å². The number of aromatic nitrogens is 1. The van der Waals surface area contributed by atoms with Gasteiger partial charge in [0.2, 0.25) is 0 Å². The molecule has 0 bridgehead atoms. The van der Waals surface area contributed by atoms with E-state index in [4.69, 9.17) is 10.4 Å². The maximum absolute atomic E-state index is 11.0. The fourth-order valence-electron chi connectivity index (χ4n) is 1.82. The van der Waals surface area contributed by atoms with Crippen molar-refractivity contribution in [1.29, 1.82) is 5.26 Å². The van der Waals surface area contributed by atoms with E-state index in [2.05, 4.69) is 11.1 Å². The number of nitrogens with zero attached hydrogens (tertiary/aromatic N) is 3. The summed E-state index contributed by atoms with van der Waals surface area (Å²) in [7, 11) is 0. The summed E-state index contributed by atoms with van der Waals surface area (Å²) in [4.78, 5) is 17.1. The van der Waals surface area contributed by atoms with Crippen molar-refractivity contribution in [2.45, 2.75) is 26.3 Å². The standard InChI is InChI=1S/C15H19N3O2/c1-2-14(15(19)20)6-10-18(9-4-7-16)12-13-5-3-8-17-11-13/h3,5-6,8,11H,2,4,9-10,12H2,1H3,(H,19,20). The van der Waals surface area contributed by atoms with E-state index >= 15 is 0 Å². The molecule has 20 heavy (non-hydrogen) atoms. The third kappa shape index (κ3) is 5.63. The lowest BCUT2D eigenvalue weighted by Gasteiger charge is -2.19. The molecule has 0 saturated carbocycles. The molecule has 5 nitrogen and oxygen atoms in total. The minimum Gasteiger partial charge on any atom is -0.478 e. The van der Waals surface area contributed by atoms with E-state index in [9.17, 15) is 4.79 Å². The second kappa shape index (κ2) is 8.83. The molecular weight excluding hydrogens is 254 g/mol. The Morgan fingerprint density at radius 1 is 1.60 bits per heavy atom. The van der Waals surface area contributed by atoms with Crippen LogP contribution in [0.25, 0.3) is 0 Å². The summed E-state index contributed by atoms with van der Waals surface area (Å²) >= 11 is 0. The highest BCUT2D eigenvalue weighted by Crippen LogP contribution is 2.06. The molecule has 1 aromatic heterocycles. The molecule has 1 aromatic rings. The number of hydrogen-bond donors (Lipinski definition) is 1. The predicted molar refractivity (Wildman–Crippen MR) is 75.8 cm³/mol. The van der Waals surface area contributed by atoms with Crippen LogP contribution in [0.3, 0.4) is 0 Å². The van der Waals surface area contributed by atoms with Gasteiger partial charge in [0, 0.05) is 44.0 Å². The highest BCUT2D eigenvalue weighted by Gasteiger charge is 2.08. The van der Waals surface area contributed by atoms with E-state index in [-0.39, 0.29) is 0 Å². The van der Waals surface area contributed by atoms with E-state index in [1.165, 1.54) is 0 Å². The van der Waals surface area contributed by atoms with E-state index in [1.807, 2.05) is 24.0 Å². The van der Waals surface area contributed by atoms with E-state index in [0.29, 0.717) is 38.0 Å². The third-order valence-electron chi connectivity index (χ3n) is 2.92. The number of aliphatic carboxylic acids is 1. The normalized spacial score (nSPS) is 11.3. The summed E-state index contributed by atoms with van der Waals surface area (Å²) < 4.78 is 0. The molecule has 0 atom stereocenters. The number of carboxylic acids is 1. The first-order valence-electron chi connectivity index (χ1n) is 6.58. The second-order valence-electron chi connectivity index (χ2n) is 4.39. The van der Waals surface area contributed by atoms with Gasteiger partial charge in [-0.15, -0.1) is 0 Å². The first-order valence-corrected chi connectivity index (χ1v) is 6.58. The number of rotatable bonds is 8. The van der Waals surface area contributed by atoms with Crippen LogP contribution < -0.4 is 0 Å². The molecule has 106 valence electrons. The van der Waals surface area contributed by atoms with Gasteiger partial charge < -0.3 is 5.11 Å². The van der Waals surface area contributed by atoms with Crippen LogP contribution in [0.5, 0.6) is 0 Å². The van der Waals surface area contributed by atoms with Crippen LogP contribution in [0.4, 0.5) is 0 Å². The Bertz CT molecular complexity index is 492. The zero-order valence-electron chi connectivity index (χ0n) is 11.6. The summed E-state index contributed by atoms with van der Waals surface area (Å²) in [5, 5.41) is 17.7.